The van der Waals surface area contributed by atoms with Crippen molar-refractivity contribution in [3.63, 3.8) is 0 Å². The number of fused-ring (bicyclic) bond motifs is 3. The summed E-state index contributed by atoms with van der Waals surface area (Å²) >= 11 is 0. The van der Waals surface area contributed by atoms with E-state index >= 15 is 0 Å². The first-order valence-electron chi connectivity index (χ1n) is 10.4. The topological polar surface area (TPSA) is 39.3 Å². The van der Waals surface area contributed by atoms with Crippen molar-refractivity contribution in [1.82, 2.24) is 14.8 Å². The van der Waals surface area contributed by atoms with Crippen LogP contribution < -0.4 is 0 Å². The lowest BCUT2D eigenvalue weighted by molar-refractivity contribution is -0.165. The van der Waals surface area contributed by atoms with Gasteiger partial charge in [-0.25, -0.2) is 0 Å². The molecule has 4 heteroatoms. The van der Waals surface area contributed by atoms with Crippen molar-refractivity contribution in [1.29, 1.82) is 0 Å². The molecular formula is C22H27N3O. The first kappa shape index (κ1) is 15.3. The molecule has 1 aliphatic carbocycles. The molecule has 1 aromatic heterocycles. The van der Waals surface area contributed by atoms with Crippen LogP contribution in [0.1, 0.15) is 56.7 Å². The number of aromatic amines is 1. The van der Waals surface area contributed by atoms with Gasteiger partial charge in [0.1, 0.15) is 5.66 Å². The number of para-hydroxylation sites is 1. The number of piperidine rings is 1. The molecule has 26 heavy (non-hydrogen) atoms. The lowest BCUT2D eigenvalue weighted by atomic mass is 9.63. The summed E-state index contributed by atoms with van der Waals surface area (Å²) in [4.78, 5) is 22.2. The SMILES string of the molecule is CC[C@@]12CCCN3CCc4c([nH]c5ccccc45)[C@]31N(C1CC1)C(=O)C2. The van der Waals surface area contributed by atoms with Gasteiger partial charge in [-0.2, -0.15) is 0 Å². The molecule has 4 aliphatic rings. The highest BCUT2D eigenvalue weighted by Crippen LogP contribution is 2.64. The van der Waals surface area contributed by atoms with E-state index in [1.54, 1.807) is 0 Å². The smallest absolute Gasteiger partial charge is 0.225 e. The van der Waals surface area contributed by atoms with Crippen LogP contribution >= 0.6 is 0 Å². The summed E-state index contributed by atoms with van der Waals surface area (Å²) in [5, 5.41) is 1.36. The highest BCUT2D eigenvalue weighted by molar-refractivity contribution is 5.88. The van der Waals surface area contributed by atoms with Crippen LogP contribution in [0.5, 0.6) is 0 Å². The van der Waals surface area contributed by atoms with Crippen LogP contribution in [0, 0.1) is 5.41 Å². The molecular weight excluding hydrogens is 322 g/mol. The predicted octanol–water partition coefficient (Wildman–Crippen LogP) is 3.76. The van der Waals surface area contributed by atoms with Crippen LogP contribution in [0.3, 0.4) is 0 Å². The number of hydrogen-bond acceptors (Lipinski definition) is 2. The molecule has 1 N–H and O–H groups in total. The summed E-state index contributed by atoms with van der Waals surface area (Å²) in [5.41, 5.74) is 3.88. The minimum absolute atomic E-state index is 0.0565. The van der Waals surface area contributed by atoms with Crippen LogP contribution in [0.15, 0.2) is 24.3 Å². The number of rotatable bonds is 2. The number of likely N-dealkylation sites (tertiary alicyclic amines) is 1. The Bertz CT molecular complexity index is 913. The fourth-order valence-electron chi connectivity index (χ4n) is 6.62. The molecule has 0 radical (unpaired) electrons. The van der Waals surface area contributed by atoms with Gasteiger partial charge in [0, 0.05) is 41.9 Å². The van der Waals surface area contributed by atoms with Gasteiger partial charge < -0.3 is 9.88 Å². The minimum Gasteiger partial charge on any atom is -0.355 e. The number of nitrogens with zero attached hydrogens (tertiary/aromatic N) is 2. The molecule has 136 valence electrons. The summed E-state index contributed by atoms with van der Waals surface area (Å²) in [6.45, 7) is 4.51. The first-order chi connectivity index (χ1) is 12.7. The van der Waals surface area contributed by atoms with Crippen molar-refractivity contribution in [2.24, 2.45) is 5.41 Å². The van der Waals surface area contributed by atoms with Gasteiger partial charge in [-0.15, -0.1) is 0 Å². The molecule has 4 heterocycles. The molecule has 2 saturated heterocycles. The fraction of sp³-hybridized carbons (Fsp3) is 0.591. The van der Waals surface area contributed by atoms with E-state index in [0.717, 1.165) is 32.4 Å². The Labute approximate surface area is 154 Å². The average Bonchev–Trinajstić information content (AvgIpc) is 3.35. The first-order valence-corrected chi connectivity index (χ1v) is 10.4. The van der Waals surface area contributed by atoms with Crippen molar-refractivity contribution in [2.75, 3.05) is 13.1 Å². The second-order valence-corrected chi connectivity index (χ2v) is 8.84. The van der Waals surface area contributed by atoms with E-state index in [4.69, 9.17) is 0 Å². The lowest BCUT2D eigenvalue weighted by Crippen LogP contribution is -2.67. The Kier molecular flexibility index (Phi) is 2.89. The number of carbonyl (C=O) groups excluding carboxylic acids is 1. The molecule has 6 rings (SSSR count). The molecule has 3 aliphatic heterocycles. The van der Waals surface area contributed by atoms with E-state index in [0.29, 0.717) is 11.9 Å². The molecule has 1 saturated carbocycles. The molecule has 4 nitrogen and oxygen atoms in total. The number of amides is 1. The second-order valence-electron chi connectivity index (χ2n) is 8.84. The molecule has 0 unspecified atom stereocenters. The number of aromatic nitrogens is 1. The number of nitrogens with one attached hydrogen (secondary N) is 1. The van der Waals surface area contributed by atoms with Gasteiger partial charge in [-0.1, -0.05) is 25.1 Å². The second kappa shape index (κ2) is 4.92. The molecule has 0 bridgehead atoms. The Morgan fingerprint density at radius 2 is 2.08 bits per heavy atom. The highest BCUT2D eigenvalue weighted by atomic mass is 16.2. The van der Waals surface area contributed by atoms with E-state index in [2.05, 4.69) is 46.0 Å². The molecule has 1 amide bonds. The van der Waals surface area contributed by atoms with Crippen LogP contribution in [0.25, 0.3) is 10.9 Å². The predicted molar refractivity (Wildman–Crippen MR) is 102 cm³/mol. The van der Waals surface area contributed by atoms with Crippen LogP contribution in [-0.2, 0) is 16.9 Å². The summed E-state index contributed by atoms with van der Waals surface area (Å²) in [5.74, 6) is 0.396. The number of H-pyrrole nitrogens is 1. The average molecular weight is 349 g/mol. The summed E-state index contributed by atoms with van der Waals surface area (Å²) < 4.78 is 0. The fourth-order valence-corrected chi connectivity index (χ4v) is 6.62. The number of hydrogen-bond donors (Lipinski definition) is 1. The Morgan fingerprint density at radius 1 is 1.23 bits per heavy atom. The van der Waals surface area contributed by atoms with Crippen molar-refractivity contribution >= 4 is 16.8 Å². The van der Waals surface area contributed by atoms with Gasteiger partial charge in [-0.05, 0) is 50.2 Å². The van der Waals surface area contributed by atoms with Crippen LogP contribution in [0.2, 0.25) is 0 Å². The Balaban J connectivity index is 1.70. The van der Waals surface area contributed by atoms with E-state index in [9.17, 15) is 4.79 Å². The third-order valence-corrected chi connectivity index (χ3v) is 7.77. The van der Waals surface area contributed by atoms with Gasteiger partial charge in [-0.3, -0.25) is 9.69 Å². The van der Waals surface area contributed by atoms with Crippen molar-refractivity contribution < 1.29 is 4.79 Å². The molecule has 2 aromatic rings. The lowest BCUT2D eigenvalue weighted by Gasteiger charge is -2.60. The maximum absolute atomic E-state index is 13.3. The van der Waals surface area contributed by atoms with Crippen LogP contribution in [-0.4, -0.2) is 39.8 Å². The molecule has 1 aromatic carbocycles. The van der Waals surface area contributed by atoms with E-state index in [1.165, 1.54) is 47.8 Å². The Hall–Kier alpha value is -1.81. The standard InChI is InChI=1S/C22H27N3O/c1-2-21-11-5-12-24-13-10-17-16-6-3-4-7-18(16)23-20(17)22(21,24)25(15-8-9-15)19(26)14-21/h3-4,6-7,15,23H,2,5,8-14H2,1H3/t21-,22+/m0/s1. The maximum atomic E-state index is 13.3. The normalized spacial score (nSPS) is 34.0. The van der Waals surface area contributed by atoms with Crippen LogP contribution in [0.4, 0.5) is 0 Å². The van der Waals surface area contributed by atoms with Gasteiger partial charge in [0.05, 0.1) is 5.69 Å². The number of carbonyl (C=O) groups is 1. The quantitative estimate of drug-likeness (QED) is 0.896. The van der Waals surface area contributed by atoms with Gasteiger partial charge >= 0.3 is 0 Å². The van der Waals surface area contributed by atoms with Gasteiger partial charge in [0.25, 0.3) is 0 Å². The highest BCUT2D eigenvalue weighted by Gasteiger charge is 2.70. The Morgan fingerprint density at radius 3 is 2.88 bits per heavy atom. The summed E-state index contributed by atoms with van der Waals surface area (Å²) in [6.07, 6.45) is 7.64. The van der Waals surface area contributed by atoms with E-state index in [1.807, 2.05) is 0 Å². The van der Waals surface area contributed by atoms with Gasteiger partial charge in [0.15, 0.2) is 0 Å². The van der Waals surface area contributed by atoms with E-state index < -0.39 is 0 Å². The summed E-state index contributed by atoms with van der Waals surface area (Å²) in [7, 11) is 0. The monoisotopic (exact) mass is 349 g/mol. The van der Waals surface area contributed by atoms with Crippen molar-refractivity contribution in [2.45, 2.75) is 63.6 Å². The third kappa shape index (κ3) is 1.59. The minimum atomic E-state index is -0.231. The number of benzene rings is 1. The maximum Gasteiger partial charge on any atom is 0.225 e. The van der Waals surface area contributed by atoms with Crippen molar-refractivity contribution in [3.8, 4) is 0 Å². The zero-order valence-electron chi connectivity index (χ0n) is 15.6. The molecule has 2 atom stereocenters. The van der Waals surface area contributed by atoms with E-state index in [-0.39, 0.29) is 11.1 Å². The molecule has 3 fully saturated rings. The zero-order valence-corrected chi connectivity index (χ0v) is 15.6. The largest absolute Gasteiger partial charge is 0.355 e. The summed E-state index contributed by atoms with van der Waals surface area (Å²) in [6, 6.07) is 9.17. The zero-order chi connectivity index (χ0) is 17.5. The molecule has 1 spiro atoms. The van der Waals surface area contributed by atoms with Crippen molar-refractivity contribution in [3.05, 3.63) is 35.5 Å². The third-order valence-electron chi connectivity index (χ3n) is 7.77. The van der Waals surface area contributed by atoms with Gasteiger partial charge in [0.2, 0.25) is 5.91 Å².